The van der Waals surface area contributed by atoms with Gasteiger partial charge in [0, 0.05) is 23.6 Å². The van der Waals surface area contributed by atoms with E-state index in [1.54, 1.807) is 12.1 Å². The zero-order valence-electron chi connectivity index (χ0n) is 16.5. The van der Waals surface area contributed by atoms with Gasteiger partial charge in [-0.25, -0.2) is 0 Å². The molecule has 0 bridgehead atoms. The highest BCUT2D eigenvalue weighted by atomic mass is 79.9. The number of fused-ring (bicyclic) bond motifs is 1. The van der Waals surface area contributed by atoms with Crippen LogP contribution in [0.25, 0.3) is 22.5 Å². The van der Waals surface area contributed by atoms with Crippen molar-refractivity contribution in [2.45, 2.75) is 52.3 Å². The van der Waals surface area contributed by atoms with E-state index in [0.29, 0.717) is 0 Å². The van der Waals surface area contributed by atoms with E-state index >= 15 is 0 Å². The second-order valence-corrected chi connectivity index (χ2v) is 7.18. The number of rotatable bonds is 5. The molecule has 4 rings (SSSR count). The third-order valence-electron chi connectivity index (χ3n) is 5.39. The van der Waals surface area contributed by atoms with E-state index in [9.17, 15) is 8.78 Å². The Bertz CT molecular complexity index is 937. The molecule has 3 aromatic rings. The van der Waals surface area contributed by atoms with E-state index in [-0.39, 0.29) is 22.7 Å². The van der Waals surface area contributed by atoms with E-state index in [2.05, 4.69) is 51.4 Å². The minimum atomic E-state index is -2.80. The molecule has 0 atom stereocenters. The van der Waals surface area contributed by atoms with E-state index in [4.69, 9.17) is 0 Å². The zero-order chi connectivity index (χ0) is 19.5. The summed E-state index contributed by atoms with van der Waals surface area (Å²) < 4.78 is 34.0. The van der Waals surface area contributed by atoms with E-state index in [1.165, 1.54) is 23.2 Å². The minimum Gasteiger partial charge on any atom is -1.00 e. The van der Waals surface area contributed by atoms with Crippen LogP contribution in [0.1, 0.15) is 31.7 Å². The van der Waals surface area contributed by atoms with Crippen molar-refractivity contribution >= 4 is 0 Å². The molecular formula is C23H25BrF2N2O. The van der Waals surface area contributed by atoms with Gasteiger partial charge in [0.1, 0.15) is 11.4 Å². The second-order valence-electron chi connectivity index (χ2n) is 7.18. The summed E-state index contributed by atoms with van der Waals surface area (Å²) in [4.78, 5) is 0. The summed E-state index contributed by atoms with van der Waals surface area (Å²) >= 11 is 0. The van der Waals surface area contributed by atoms with Crippen LogP contribution in [0.3, 0.4) is 0 Å². The van der Waals surface area contributed by atoms with Crippen molar-refractivity contribution in [2.75, 3.05) is 0 Å². The predicted molar refractivity (Wildman–Crippen MR) is 105 cm³/mol. The lowest BCUT2D eigenvalue weighted by atomic mass is 10.1. The highest BCUT2D eigenvalue weighted by Crippen LogP contribution is 2.28. The molecule has 2 heterocycles. The summed E-state index contributed by atoms with van der Waals surface area (Å²) in [6.07, 6.45) is 4.54. The number of hydrogen-bond acceptors (Lipinski definition) is 1. The van der Waals surface area contributed by atoms with Crippen LogP contribution in [0.5, 0.6) is 5.75 Å². The van der Waals surface area contributed by atoms with Gasteiger partial charge in [-0.05, 0) is 49.1 Å². The molecule has 0 saturated heterocycles. The molecule has 0 aliphatic carbocycles. The van der Waals surface area contributed by atoms with Crippen LogP contribution < -0.4 is 26.4 Å². The van der Waals surface area contributed by atoms with E-state index < -0.39 is 6.61 Å². The van der Waals surface area contributed by atoms with Crippen LogP contribution in [-0.4, -0.2) is 11.3 Å². The van der Waals surface area contributed by atoms with Gasteiger partial charge in [-0.1, -0.05) is 31.2 Å². The highest BCUT2D eigenvalue weighted by Gasteiger charge is 2.26. The minimum absolute atomic E-state index is 0. The Labute approximate surface area is 180 Å². The molecule has 154 valence electrons. The van der Waals surface area contributed by atoms with Crippen molar-refractivity contribution in [3.8, 4) is 28.3 Å². The van der Waals surface area contributed by atoms with Gasteiger partial charge < -0.3 is 21.7 Å². The highest BCUT2D eigenvalue weighted by molar-refractivity contribution is 5.67. The van der Waals surface area contributed by atoms with Crippen molar-refractivity contribution < 1.29 is 35.2 Å². The van der Waals surface area contributed by atoms with E-state index in [0.717, 1.165) is 43.6 Å². The van der Waals surface area contributed by atoms with Gasteiger partial charge in [-0.3, -0.25) is 0 Å². The average molecular weight is 463 g/mol. The summed E-state index contributed by atoms with van der Waals surface area (Å²) in [6, 6.07) is 17.9. The first kappa shape index (κ1) is 21.5. The molecule has 1 aromatic heterocycles. The number of hydrogen-bond donors (Lipinski definition) is 0. The third kappa shape index (κ3) is 4.69. The van der Waals surface area contributed by atoms with Crippen LogP contribution in [-0.2, 0) is 19.5 Å². The average Bonchev–Trinajstić information content (AvgIpc) is 2.89. The van der Waals surface area contributed by atoms with Crippen molar-refractivity contribution in [1.29, 1.82) is 0 Å². The molecule has 3 nitrogen and oxygen atoms in total. The lowest BCUT2D eigenvalue weighted by molar-refractivity contribution is -0.763. The number of aryl methyl sites for hydroxylation is 1. The maximum atomic E-state index is 12.4. The number of benzene rings is 2. The largest absolute Gasteiger partial charge is 1.00 e. The van der Waals surface area contributed by atoms with Crippen LogP contribution in [0.15, 0.2) is 54.6 Å². The van der Waals surface area contributed by atoms with Crippen molar-refractivity contribution in [3.63, 3.8) is 0 Å². The predicted octanol–water partition coefficient (Wildman–Crippen LogP) is 2.46. The van der Waals surface area contributed by atoms with Gasteiger partial charge in [-0.2, -0.15) is 13.5 Å². The first-order valence-corrected chi connectivity index (χ1v) is 9.94. The van der Waals surface area contributed by atoms with Crippen LogP contribution >= 0.6 is 0 Å². The maximum absolute atomic E-state index is 12.4. The Morgan fingerprint density at radius 2 is 1.66 bits per heavy atom. The van der Waals surface area contributed by atoms with Crippen LogP contribution in [0.2, 0.25) is 0 Å². The molecule has 0 unspecified atom stereocenters. The standard InChI is InChI=1S/C23H25F2N2O.BrH/c1-2-17-6-8-18(9-7-17)21-16-22(27-15-5-3-4-14-26(21)27)19-10-12-20(13-11-19)28-23(24)25;/h6-13,16,23H,2-5,14-15H2,1H3;1H/q+1;/p-1. The lowest BCUT2D eigenvalue weighted by Crippen LogP contribution is -3.00. The number of halogens is 3. The molecule has 29 heavy (non-hydrogen) atoms. The molecule has 1 aliphatic heterocycles. The summed E-state index contributed by atoms with van der Waals surface area (Å²) in [7, 11) is 0. The molecule has 0 amide bonds. The number of aromatic nitrogens is 2. The summed E-state index contributed by atoms with van der Waals surface area (Å²) in [5, 5.41) is 0. The van der Waals surface area contributed by atoms with Crippen LogP contribution in [0.4, 0.5) is 8.78 Å². The SMILES string of the molecule is CCc1ccc(-c2cc(-c3ccc(OC(F)F)cc3)[n+]3n2CCCCC3)cc1.[Br-]. The first-order chi connectivity index (χ1) is 13.7. The fourth-order valence-electron chi connectivity index (χ4n) is 3.90. The molecular weight excluding hydrogens is 438 g/mol. The lowest BCUT2D eigenvalue weighted by Gasteiger charge is -2.06. The smallest absolute Gasteiger partial charge is 0.387 e. The van der Waals surface area contributed by atoms with Gasteiger partial charge >= 0.3 is 6.61 Å². The molecule has 0 radical (unpaired) electrons. The van der Waals surface area contributed by atoms with Gasteiger partial charge in [0.25, 0.3) is 0 Å². The molecule has 6 heteroatoms. The topological polar surface area (TPSA) is 18.0 Å². The molecule has 0 fully saturated rings. The third-order valence-corrected chi connectivity index (χ3v) is 5.39. The van der Waals surface area contributed by atoms with E-state index in [1.807, 2.05) is 12.1 Å². The fourth-order valence-corrected chi connectivity index (χ4v) is 3.90. The maximum Gasteiger partial charge on any atom is 0.387 e. The molecule has 0 spiro atoms. The van der Waals surface area contributed by atoms with Crippen molar-refractivity contribution in [3.05, 3.63) is 60.2 Å². The monoisotopic (exact) mass is 462 g/mol. The first-order valence-electron chi connectivity index (χ1n) is 9.94. The number of alkyl halides is 2. The Morgan fingerprint density at radius 3 is 2.31 bits per heavy atom. The normalized spacial score (nSPS) is 13.5. The molecule has 1 aliphatic rings. The Morgan fingerprint density at radius 1 is 0.966 bits per heavy atom. The number of nitrogens with zero attached hydrogens (tertiary/aromatic N) is 2. The van der Waals surface area contributed by atoms with Gasteiger partial charge in [0.15, 0.2) is 6.54 Å². The van der Waals surface area contributed by atoms with Crippen molar-refractivity contribution in [1.82, 2.24) is 4.68 Å². The van der Waals surface area contributed by atoms with Gasteiger partial charge in [-0.15, -0.1) is 4.68 Å². The van der Waals surface area contributed by atoms with Crippen molar-refractivity contribution in [2.24, 2.45) is 0 Å². The van der Waals surface area contributed by atoms with Crippen LogP contribution in [0, 0.1) is 0 Å². The summed E-state index contributed by atoms with van der Waals surface area (Å²) in [5.74, 6) is 0.185. The van der Waals surface area contributed by atoms with Gasteiger partial charge in [0.05, 0.1) is 6.54 Å². The van der Waals surface area contributed by atoms with Gasteiger partial charge in [0.2, 0.25) is 5.69 Å². The summed E-state index contributed by atoms with van der Waals surface area (Å²) in [6.45, 7) is 1.30. The molecule has 2 aromatic carbocycles. The Hall–Kier alpha value is -2.21. The Balaban J connectivity index is 0.00000240. The molecule has 0 N–H and O–H groups in total. The second kappa shape index (κ2) is 9.53. The fraction of sp³-hybridized carbons (Fsp3) is 0.348. The summed E-state index contributed by atoms with van der Waals surface area (Å²) in [5.41, 5.74) is 5.85. The quantitative estimate of drug-likeness (QED) is 0.532. The molecule has 0 saturated carbocycles. The Kier molecular flexibility index (Phi) is 7.06. The number of ether oxygens (including phenoxy) is 1. The zero-order valence-corrected chi connectivity index (χ0v) is 18.0.